The van der Waals surface area contributed by atoms with E-state index in [0.29, 0.717) is 0 Å². The second kappa shape index (κ2) is 0.595. The predicted octanol–water partition coefficient (Wildman–Crippen LogP) is 0.742. The van der Waals surface area contributed by atoms with Gasteiger partial charge in [0.1, 0.15) is 9.52 Å². The first-order chi connectivity index (χ1) is 1.89. The van der Waals surface area contributed by atoms with Crippen LogP contribution < -0.4 is 0 Å². The van der Waals surface area contributed by atoms with E-state index in [9.17, 15) is 0 Å². The van der Waals surface area contributed by atoms with Crippen LogP contribution in [0.5, 0.6) is 0 Å². The van der Waals surface area contributed by atoms with Crippen molar-refractivity contribution in [3.05, 3.63) is 10.4 Å². The lowest BCUT2D eigenvalue weighted by molar-refractivity contribution is 2.62. The van der Waals surface area contributed by atoms with Gasteiger partial charge in [0.05, 0.1) is 0 Å². The zero-order valence-corrected chi connectivity index (χ0v) is 3.71. The lowest BCUT2D eigenvalue weighted by Gasteiger charge is -1.41. The van der Waals surface area contributed by atoms with E-state index in [4.69, 9.17) is 11.6 Å². The Balaban J connectivity index is 2.54. The van der Waals surface area contributed by atoms with Crippen LogP contribution >= 0.6 is 11.6 Å². The highest BCUT2D eigenvalue weighted by atomic mass is 35.5. The second-order valence-corrected chi connectivity index (χ2v) is 2.48. The summed E-state index contributed by atoms with van der Waals surface area (Å²) in [5, 5.41) is 0. The SMILES string of the molecule is ClC1=C[Si]1. The van der Waals surface area contributed by atoms with Gasteiger partial charge in [0.2, 0.25) is 0 Å². The summed E-state index contributed by atoms with van der Waals surface area (Å²) in [6, 6.07) is 0. The number of rotatable bonds is 0. The fourth-order valence-corrected chi connectivity index (χ4v) is 0.245. The normalized spacial score (nSPS) is 19.8. The Morgan fingerprint density at radius 2 is 2.25 bits per heavy atom. The molecule has 1 aliphatic heterocycles. The number of halogens is 1. The van der Waals surface area contributed by atoms with E-state index >= 15 is 0 Å². The largest absolute Gasteiger partial charge is 0.127 e. The minimum atomic E-state index is 0.864. The maximum atomic E-state index is 5.26. The molecule has 1 rings (SSSR count). The van der Waals surface area contributed by atoms with Gasteiger partial charge in [-0.15, -0.1) is 0 Å². The summed E-state index contributed by atoms with van der Waals surface area (Å²) in [7, 11) is 0.864. The quantitative estimate of drug-likeness (QED) is 0.383. The number of hydrogen-bond donors (Lipinski definition) is 0. The van der Waals surface area contributed by atoms with Crippen molar-refractivity contribution >= 4 is 21.1 Å². The molecular formula is C2HClSi. The van der Waals surface area contributed by atoms with Crippen molar-refractivity contribution in [1.82, 2.24) is 0 Å². The van der Waals surface area contributed by atoms with E-state index in [0.717, 1.165) is 14.2 Å². The zero-order valence-electron chi connectivity index (χ0n) is 1.96. The van der Waals surface area contributed by atoms with Crippen LogP contribution in [0.4, 0.5) is 0 Å². The molecular weight excluding hydrogens is 87.6 g/mol. The lowest BCUT2D eigenvalue weighted by Crippen LogP contribution is -1.41. The van der Waals surface area contributed by atoms with Gasteiger partial charge in [0.25, 0.3) is 0 Å². The van der Waals surface area contributed by atoms with Crippen molar-refractivity contribution in [3.63, 3.8) is 0 Å². The minimum absolute atomic E-state index is 0.864. The van der Waals surface area contributed by atoms with Gasteiger partial charge in [0.15, 0.2) is 0 Å². The van der Waals surface area contributed by atoms with E-state index in [1.807, 2.05) is 5.70 Å². The summed E-state index contributed by atoms with van der Waals surface area (Å²) in [5.74, 6) is 0. The van der Waals surface area contributed by atoms with Crippen LogP contribution in [0, 0.1) is 0 Å². The topological polar surface area (TPSA) is 0 Å². The minimum Gasteiger partial charge on any atom is -0.0952 e. The maximum Gasteiger partial charge on any atom is 0.127 e. The average molecular weight is 88.6 g/mol. The monoisotopic (exact) mass is 88.0 g/mol. The Labute approximate surface area is 32.3 Å². The summed E-state index contributed by atoms with van der Waals surface area (Å²) >= 11 is 5.26. The van der Waals surface area contributed by atoms with Crippen LogP contribution in [-0.4, -0.2) is 9.52 Å². The van der Waals surface area contributed by atoms with E-state index in [1.165, 1.54) is 0 Å². The molecule has 0 aromatic rings. The van der Waals surface area contributed by atoms with Crippen molar-refractivity contribution in [2.24, 2.45) is 0 Å². The first-order valence-corrected chi connectivity index (χ1v) is 2.47. The van der Waals surface area contributed by atoms with Crippen molar-refractivity contribution in [2.45, 2.75) is 0 Å². The molecule has 20 valence electrons. The Morgan fingerprint density at radius 1 is 2.00 bits per heavy atom. The van der Waals surface area contributed by atoms with Crippen LogP contribution in [0.3, 0.4) is 0 Å². The van der Waals surface area contributed by atoms with Gasteiger partial charge in [-0.05, 0) is 4.66 Å². The molecule has 0 nitrogen and oxygen atoms in total. The van der Waals surface area contributed by atoms with Gasteiger partial charge >= 0.3 is 0 Å². The molecule has 0 N–H and O–H groups in total. The van der Waals surface area contributed by atoms with E-state index in [2.05, 4.69) is 0 Å². The maximum absolute atomic E-state index is 5.26. The zero-order chi connectivity index (χ0) is 2.99. The third kappa shape index (κ3) is 0.331. The molecule has 0 atom stereocenters. The van der Waals surface area contributed by atoms with Gasteiger partial charge < -0.3 is 0 Å². The van der Waals surface area contributed by atoms with Crippen molar-refractivity contribution in [3.8, 4) is 0 Å². The number of hydrogen-bond acceptors (Lipinski definition) is 0. The van der Waals surface area contributed by atoms with Gasteiger partial charge in [-0.1, -0.05) is 17.3 Å². The molecule has 0 aromatic carbocycles. The summed E-state index contributed by atoms with van der Waals surface area (Å²) in [6.45, 7) is 0. The molecule has 0 saturated heterocycles. The Morgan fingerprint density at radius 3 is 2.25 bits per heavy atom. The Kier molecular flexibility index (Phi) is 0.370. The van der Waals surface area contributed by atoms with Crippen LogP contribution in [0.15, 0.2) is 10.4 Å². The molecule has 0 aliphatic carbocycles. The Bertz CT molecular complexity index is 57.1. The summed E-state index contributed by atoms with van der Waals surface area (Å²) in [4.78, 5) is 0. The smallest absolute Gasteiger partial charge is 0.0952 e. The van der Waals surface area contributed by atoms with Gasteiger partial charge in [-0.25, -0.2) is 0 Å². The van der Waals surface area contributed by atoms with Crippen molar-refractivity contribution < 1.29 is 0 Å². The van der Waals surface area contributed by atoms with E-state index in [1.54, 1.807) is 0 Å². The van der Waals surface area contributed by atoms with E-state index in [-0.39, 0.29) is 0 Å². The summed E-state index contributed by atoms with van der Waals surface area (Å²) < 4.78 is 1.04. The van der Waals surface area contributed by atoms with Crippen LogP contribution in [-0.2, 0) is 0 Å². The van der Waals surface area contributed by atoms with Crippen LogP contribution in [0.25, 0.3) is 0 Å². The van der Waals surface area contributed by atoms with Crippen LogP contribution in [0.2, 0.25) is 0 Å². The third-order valence-electron chi connectivity index (χ3n) is 0.253. The summed E-state index contributed by atoms with van der Waals surface area (Å²) in [6.07, 6.45) is 0. The molecule has 4 heavy (non-hydrogen) atoms. The van der Waals surface area contributed by atoms with Gasteiger partial charge in [-0.2, -0.15) is 0 Å². The molecule has 0 amide bonds. The molecule has 1 aliphatic rings. The molecule has 2 heteroatoms. The molecule has 0 unspecified atom stereocenters. The molecule has 0 bridgehead atoms. The fraction of sp³-hybridized carbons (Fsp3) is 0. The highest BCUT2D eigenvalue weighted by molar-refractivity contribution is 6.78. The predicted molar refractivity (Wildman–Crippen MR) is 19.7 cm³/mol. The van der Waals surface area contributed by atoms with Crippen molar-refractivity contribution in [2.75, 3.05) is 0 Å². The average Bonchev–Trinajstić information content (AvgIpc) is 1.75. The highest BCUT2D eigenvalue weighted by Crippen LogP contribution is 2.09. The van der Waals surface area contributed by atoms with Crippen molar-refractivity contribution in [1.29, 1.82) is 0 Å². The molecule has 2 radical (unpaired) electrons. The molecule has 0 fully saturated rings. The first kappa shape index (κ1) is 2.48. The van der Waals surface area contributed by atoms with Gasteiger partial charge in [-0.3, -0.25) is 0 Å². The fourth-order valence-electron chi connectivity index (χ4n) is 0.0273. The first-order valence-electron chi connectivity index (χ1n) is 1.02. The molecule has 0 spiro atoms. The standard InChI is InChI=1S/C2HClSi/c3-2-1-4-2/h1H. The molecule has 1 heterocycles. The third-order valence-corrected chi connectivity index (χ3v) is 1.41. The Hall–Kier alpha value is 0.247. The summed E-state index contributed by atoms with van der Waals surface area (Å²) in [5.41, 5.74) is 2.00. The van der Waals surface area contributed by atoms with Gasteiger partial charge in [0, 0.05) is 0 Å². The highest BCUT2D eigenvalue weighted by Gasteiger charge is 2.00. The molecule has 0 aromatic heterocycles. The lowest BCUT2D eigenvalue weighted by atomic mass is 11.3. The molecule has 0 saturated carbocycles. The van der Waals surface area contributed by atoms with Crippen LogP contribution in [0.1, 0.15) is 0 Å². The second-order valence-electron chi connectivity index (χ2n) is 0.637. The van der Waals surface area contributed by atoms with E-state index < -0.39 is 0 Å².